The number of anilines is 1. The molecule has 1 aromatic carbocycles. The van der Waals surface area contributed by atoms with E-state index < -0.39 is 0 Å². The molecule has 1 aromatic rings. The van der Waals surface area contributed by atoms with Crippen molar-refractivity contribution in [2.45, 2.75) is 0 Å². The number of hydrogen-bond donors (Lipinski definition) is 3. The fraction of sp³-hybridized carbons (Fsp3) is 0.400. The maximum Gasteiger partial charge on any atom is 0.161 e. The van der Waals surface area contributed by atoms with Crippen molar-refractivity contribution >= 4 is 11.4 Å². The Bertz CT molecular complexity index is 280. The Balaban J connectivity index is 2.07. The lowest BCUT2D eigenvalue weighted by Gasteiger charge is -2.29. The molecule has 0 spiro atoms. The summed E-state index contributed by atoms with van der Waals surface area (Å²) in [5, 5.41) is 12.1. The van der Waals surface area contributed by atoms with Gasteiger partial charge in [-0.3, -0.25) is 0 Å². The first-order chi connectivity index (χ1) is 6.90. The van der Waals surface area contributed by atoms with Crippen LogP contribution in [-0.2, 0) is 0 Å². The topological polar surface area (TPSA) is 52.1 Å². The lowest BCUT2D eigenvalue weighted by molar-refractivity contribution is -0.825. The first-order valence-electron chi connectivity index (χ1n) is 4.93. The van der Waals surface area contributed by atoms with E-state index in [2.05, 4.69) is 10.2 Å². The van der Waals surface area contributed by atoms with E-state index in [9.17, 15) is 0 Å². The van der Waals surface area contributed by atoms with Crippen molar-refractivity contribution in [2.24, 2.45) is 0 Å². The highest BCUT2D eigenvalue weighted by atomic mass is 16.5. The second-order valence-electron chi connectivity index (χ2n) is 3.46. The molecule has 0 radical (unpaired) electrons. The lowest BCUT2D eigenvalue weighted by Crippen LogP contribution is -2.73. The third-order valence-corrected chi connectivity index (χ3v) is 2.52. The minimum Gasteiger partial charge on any atom is -0.369 e. The number of nitrogens with zero attached hydrogens (tertiary/aromatic N) is 1. The first-order valence-corrected chi connectivity index (χ1v) is 4.93. The minimum absolute atomic E-state index is 0.851. The third kappa shape index (κ3) is 2.04. The van der Waals surface area contributed by atoms with Crippen molar-refractivity contribution in [2.75, 3.05) is 31.1 Å². The average molecular weight is 194 g/mol. The van der Waals surface area contributed by atoms with Gasteiger partial charge in [0.15, 0.2) is 5.69 Å². The number of nitrogens with two attached hydrogens (primary N) is 1. The fourth-order valence-corrected chi connectivity index (χ4v) is 1.69. The normalized spacial score (nSPS) is 17.1. The van der Waals surface area contributed by atoms with Gasteiger partial charge in [-0.25, -0.2) is 5.21 Å². The summed E-state index contributed by atoms with van der Waals surface area (Å²) in [4.78, 5) is 2.34. The molecule has 0 aliphatic carbocycles. The predicted octanol–water partition coefficient (Wildman–Crippen LogP) is -0.320. The van der Waals surface area contributed by atoms with Crippen molar-refractivity contribution in [1.29, 1.82) is 0 Å². The first kappa shape index (κ1) is 9.45. The highest BCUT2D eigenvalue weighted by Crippen LogP contribution is 2.15. The van der Waals surface area contributed by atoms with Crippen LogP contribution in [0, 0.1) is 0 Å². The lowest BCUT2D eigenvalue weighted by atomic mass is 10.2. The summed E-state index contributed by atoms with van der Waals surface area (Å²) in [6.07, 6.45) is 0. The van der Waals surface area contributed by atoms with E-state index >= 15 is 0 Å². The molecule has 2 rings (SSSR count). The van der Waals surface area contributed by atoms with Crippen LogP contribution < -0.4 is 15.7 Å². The summed E-state index contributed by atoms with van der Waals surface area (Å²) >= 11 is 0. The molecule has 4 N–H and O–H groups in total. The summed E-state index contributed by atoms with van der Waals surface area (Å²) in [6, 6.07) is 7.95. The van der Waals surface area contributed by atoms with Crippen molar-refractivity contribution < 1.29 is 10.7 Å². The molecule has 14 heavy (non-hydrogen) atoms. The number of benzene rings is 1. The van der Waals surface area contributed by atoms with Crippen LogP contribution in [0.4, 0.5) is 11.4 Å². The maximum absolute atomic E-state index is 8.79. The molecule has 0 saturated carbocycles. The van der Waals surface area contributed by atoms with Gasteiger partial charge in [0.2, 0.25) is 0 Å². The zero-order valence-corrected chi connectivity index (χ0v) is 8.11. The predicted molar refractivity (Wildman–Crippen MR) is 54.9 cm³/mol. The van der Waals surface area contributed by atoms with Gasteiger partial charge >= 0.3 is 0 Å². The molecule has 4 heteroatoms. The second kappa shape index (κ2) is 4.41. The highest BCUT2D eigenvalue weighted by Gasteiger charge is 2.09. The SMILES string of the molecule is O[NH2+]c1ccc(N2CCNCC2)cc1. The van der Waals surface area contributed by atoms with Gasteiger partial charge in [-0.15, -0.1) is 0 Å². The average Bonchev–Trinajstić information content (AvgIpc) is 2.30. The molecule has 0 aromatic heterocycles. The Kier molecular flexibility index (Phi) is 2.98. The van der Waals surface area contributed by atoms with Crippen molar-refractivity contribution in [3.8, 4) is 0 Å². The van der Waals surface area contributed by atoms with Crippen LogP contribution in [0.15, 0.2) is 24.3 Å². The van der Waals surface area contributed by atoms with Gasteiger partial charge in [0.25, 0.3) is 0 Å². The van der Waals surface area contributed by atoms with Crippen LogP contribution in [0.5, 0.6) is 0 Å². The summed E-state index contributed by atoms with van der Waals surface area (Å²) in [5.41, 5.74) is 3.21. The van der Waals surface area contributed by atoms with Gasteiger partial charge in [-0.05, 0) is 12.1 Å². The summed E-state index contributed by atoms with van der Waals surface area (Å²) in [6.45, 7) is 4.21. The van der Waals surface area contributed by atoms with Crippen LogP contribution >= 0.6 is 0 Å². The van der Waals surface area contributed by atoms with E-state index in [1.54, 1.807) is 0 Å². The van der Waals surface area contributed by atoms with E-state index in [1.807, 2.05) is 24.3 Å². The van der Waals surface area contributed by atoms with Crippen LogP contribution in [0.1, 0.15) is 0 Å². The molecule has 76 valence electrons. The number of hydrogen-bond acceptors (Lipinski definition) is 3. The minimum atomic E-state index is 0.851. The molecule has 1 saturated heterocycles. The van der Waals surface area contributed by atoms with Gasteiger partial charge in [0, 0.05) is 44.0 Å². The Morgan fingerprint density at radius 3 is 2.36 bits per heavy atom. The molecule has 0 atom stereocenters. The molecule has 0 amide bonds. The molecule has 1 aliphatic rings. The molecule has 0 unspecified atom stereocenters. The van der Waals surface area contributed by atoms with Gasteiger partial charge in [-0.2, -0.15) is 5.48 Å². The summed E-state index contributed by atoms with van der Waals surface area (Å²) in [7, 11) is 0. The number of rotatable bonds is 2. The van der Waals surface area contributed by atoms with E-state index in [4.69, 9.17) is 5.21 Å². The smallest absolute Gasteiger partial charge is 0.161 e. The van der Waals surface area contributed by atoms with E-state index in [1.165, 1.54) is 5.69 Å². The molecular formula is C10H16N3O+. The van der Waals surface area contributed by atoms with E-state index in [0.29, 0.717) is 0 Å². The Hall–Kier alpha value is -1.10. The van der Waals surface area contributed by atoms with Crippen LogP contribution in [0.25, 0.3) is 0 Å². The quantitative estimate of drug-likeness (QED) is 0.447. The zero-order valence-electron chi connectivity index (χ0n) is 8.11. The standard InChI is InChI=1S/C10H15N3O/c14-12-9-1-3-10(4-2-9)13-7-5-11-6-8-13/h1-4,11-12,14H,5-8H2/p+1. The molecule has 4 nitrogen and oxygen atoms in total. The van der Waals surface area contributed by atoms with Gasteiger partial charge in [-0.1, -0.05) is 0 Å². The van der Waals surface area contributed by atoms with Crippen LogP contribution in [0.2, 0.25) is 0 Å². The van der Waals surface area contributed by atoms with E-state index in [0.717, 1.165) is 37.3 Å². The number of quaternary nitrogens is 1. The van der Waals surface area contributed by atoms with Crippen molar-refractivity contribution in [3.05, 3.63) is 24.3 Å². The fourth-order valence-electron chi connectivity index (χ4n) is 1.69. The van der Waals surface area contributed by atoms with Crippen molar-refractivity contribution in [1.82, 2.24) is 5.32 Å². The third-order valence-electron chi connectivity index (χ3n) is 2.52. The van der Waals surface area contributed by atoms with E-state index in [-0.39, 0.29) is 0 Å². The Morgan fingerprint density at radius 1 is 1.14 bits per heavy atom. The second-order valence-corrected chi connectivity index (χ2v) is 3.46. The number of piperazine rings is 1. The molecule has 0 bridgehead atoms. The van der Waals surface area contributed by atoms with Crippen LogP contribution in [-0.4, -0.2) is 31.4 Å². The van der Waals surface area contributed by atoms with Crippen LogP contribution in [0.3, 0.4) is 0 Å². The Labute approximate surface area is 83.5 Å². The Morgan fingerprint density at radius 2 is 1.79 bits per heavy atom. The maximum atomic E-state index is 8.79. The molecule has 1 aliphatic heterocycles. The van der Waals surface area contributed by atoms with Gasteiger partial charge in [0.05, 0.1) is 0 Å². The molecule has 1 fully saturated rings. The zero-order chi connectivity index (χ0) is 9.80. The highest BCUT2D eigenvalue weighted by molar-refractivity contribution is 5.50. The largest absolute Gasteiger partial charge is 0.369 e. The van der Waals surface area contributed by atoms with Gasteiger partial charge in [0.1, 0.15) is 0 Å². The number of nitrogens with one attached hydrogen (secondary N) is 1. The van der Waals surface area contributed by atoms with Gasteiger partial charge < -0.3 is 10.2 Å². The summed E-state index contributed by atoms with van der Waals surface area (Å²) < 4.78 is 0. The monoisotopic (exact) mass is 194 g/mol. The molecule has 1 heterocycles. The summed E-state index contributed by atoms with van der Waals surface area (Å²) in [5.74, 6) is 0. The van der Waals surface area contributed by atoms with Crippen molar-refractivity contribution in [3.63, 3.8) is 0 Å². The molecular weight excluding hydrogens is 178 g/mol.